The van der Waals surface area contributed by atoms with Gasteiger partial charge in [0.2, 0.25) is 0 Å². The second-order valence-corrected chi connectivity index (χ2v) is 12.1. The van der Waals surface area contributed by atoms with E-state index in [-0.39, 0.29) is 6.71 Å². The third kappa shape index (κ3) is 4.03. The standard InChI is InChI=1S/C42H26BNO3/c1-4-11-27(12-5-1)28-19-23-34-39(25-28)45-36-17-10-18-37-40(36)43(34)35-24-22-33-32-21-20-31(26-38(32)47-41(33)42(35)46-37)44(29-13-6-2-7-14-29)30-15-8-3-9-16-30/h1-26H. The van der Waals surface area contributed by atoms with Gasteiger partial charge in [-0.05, 0) is 76.6 Å². The molecule has 0 radical (unpaired) electrons. The maximum Gasteiger partial charge on any atom is 0.260 e. The zero-order chi connectivity index (χ0) is 30.9. The fraction of sp³-hybridized carbons (Fsp3) is 0. The highest BCUT2D eigenvalue weighted by Crippen LogP contribution is 2.43. The highest BCUT2D eigenvalue weighted by Gasteiger charge is 2.41. The molecule has 0 N–H and O–H groups in total. The highest BCUT2D eigenvalue weighted by atomic mass is 16.5. The van der Waals surface area contributed by atoms with Gasteiger partial charge in [0.1, 0.15) is 22.8 Å². The van der Waals surface area contributed by atoms with Crippen molar-refractivity contribution in [3.05, 3.63) is 158 Å². The van der Waals surface area contributed by atoms with Gasteiger partial charge in [0.15, 0.2) is 11.3 Å². The van der Waals surface area contributed by atoms with Gasteiger partial charge < -0.3 is 18.8 Å². The Hall–Kier alpha value is -6.20. The number of hydrogen-bond donors (Lipinski definition) is 0. The lowest BCUT2D eigenvalue weighted by Gasteiger charge is -2.32. The highest BCUT2D eigenvalue weighted by molar-refractivity contribution is 6.98. The van der Waals surface area contributed by atoms with E-state index in [2.05, 4.69) is 126 Å². The van der Waals surface area contributed by atoms with E-state index in [0.29, 0.717) is 0 Å². The maximum atomic E-state index is 6.75. The summed E-state index contributed by atoms with van der Waals surface area (Å²) in [7, 11) is 0. The Kier molecular flexibility index (Phi) is 5.63. The normalized spacial score (nSPS) is 12.6. The third-order valence-corrected chi connectivity index (χ3v) is 9.39. The summed E-state index contributed by atoms with van der Waals surface area (Å²) in [5.74, 6) is 3.25. The van der Waals surface area contributed by atoms with Gasteiger partial charge in [0, 0.05) is 39.4 Å². The summed E-state index contributed by atoms with van der Waals surface area (Å²) in [6.07, 6.45) is 0. The zero-order valence-electron chi connectivity index (χ0n) is 25.3. The molecule has 8 aromatic rings. The molecule has 1 aromatic heterocycles. The number of para-hydroxylation sites is 2. The summed E-state index contributed by atoms with van der Waals surface area (Å²) in [6, 6.07) is 54.7. The summed E-state index contributed by atoms with van der Waals surface area (Å²) in [4.78, 5) is 2.25. The van der Waals surface area contributed by atoms with E-state index in [9.17, 15) is 0 Å². The molecule has 0 fully saturated rings. The Morgan fingerprint density at radius 3 is 1.85 bits per heavy atom. The Bertz CT molecular complexity index is 2440. The maximum absolute atomic E-state index is 6.75. The second kappa shape index (κ2) is 10.2. The molecule has 2 aliphatic heterocycles. The van der Waals surface area contributed by atoms with Gasteiger partial charge >= 0.3 is 0 Å². The lowest BCUT2D eigenvalue weighted by Crippen LogP contribution is -2.57. The van der Waals surface area contributed by atoms with Crippen molar-refractivity contribution < 1.29 is 13.9 Å². The molecule has 5 heteroatoms. The van der Waals surface area contributed by atoms with Crippen molar-refractivity contribution in [2.24, 2.45) is 0 Å². The summed E-state index contributed by atoms with van der Waals surface area (Å²) < 4.78 is 20.0. The van der Waals surface area contributed by atoms with Crippen LogP contribution in [0, 0.1) is 0 Å². The van der Waals surface area contributed by atoms with E-state index >= 15 is 0 Å². The molecule has 0 atom stereocenters. The van der Waals surface area contributed by atoms with E-state index in [0.717, 1.165) is 89.5 Å². The van der Waals surface area contributed by atoms with Crippen LogP contribution in [0.25, 0.3) is 33.1 Å². The molecule has 4 nitrogen and oxygen atoms in total. The van der Waals surface area contributed by atoms with Crippen molar-refractivity contribution in [2.75, 3.05) is 4.90 Å². The first-order chi connectivity index (χ1) is 23.3. The Morgan fingerprint density at radius 2 is 1.11 bits per heavy atom. The van der Waals surface area contributed by atoms with Crippen LogP contribution in [0.4, 0.5) is 17.1 Å². The van der Waals surface area contributed by atoms with Crippen LogP contribution in [0.3, 0.4) is 0 Å². The molecule has 0 saturated carbocycles. The van der Waals surface area contributed by atoms with Gasteiger partial charge in [0.05, 0.1) is 0 Å². The van der Waals surface area contributed by atoms with Crippen LogP contribution in [0.2, 0.25) is 0 Å². The SMILES string of the molecule is c1ccc(-c2ccc3c(c2)Oc2cccc4c2B3c2ccc3c(oc5cc(N(c6ccccc6)c6ccccc6)ccc53)c2O4)cc1. The molecule has 0 unspecified atom stereocenters. The minimum Gasteiger partial charge on any atom is -0.458 e. The molecule has 0 bridgehead atoms. The van der Waals surface area contributed by atoms with Crippen LogP contribution in [0.5, 0.6) is 23.0 Å². The number of hydrogen-bond acceptors (Lipinski definition) is 4. The van der Waals surface area contributed by atoms with Crippen LogP contribution in [-0.4, -0.2) is 6.71 Å². The topological polar surface area (TPSA) is 34.8 Å². The average Bonchev–Trinajstić information content (AvgIpc) is 3.51. The van der Waals surface area contributed by atoms with Crippen molar-refractivity contribution >= 4 is 62.1 Å². The van der Waals surface area contributed by atoms with Gasteiger partial charge in [-0.15, -0.1) is 0 Å². The zero-order valence-corrected chi connectivity index (χ0v) is 25.3. The lowest BCUT2D eigenvalue weighted by molar-refractivity contribution is 0.462. The lowest BCUT2D eigenvalue weighted by atomic mass is 9.35. The number of nitrogens with zero attached hydrogens (tertiary/aromatic N) is 1. The smallest absolute Gasteiger partial charge is 0.260 e. The average molecular weight is 603 g/mol. The number of rotatable bonds is 4. The summed E-state index contributed by atoms with van der Waals surface area (Å²) in [5, 5.41) is 2.08. The molecule has 2 aliphatic rings. The monoisotopic (exact) mass is 603 g/mol. The van der Waals surface area contributed by atoms with Crippen molar-refractivity contribution in [1.82, 2.24) is 0 Å². The molecule has 220 valence electrons. The number of ether oxygens (including phenoxy) is 2. The van der Waals surface area contributed by atoms with Gasteiger partial charge in [-0.2, -0.15) is 0 Å². The molecular weight excluding hydrogens is 577 g/mol. The molecule has 3 heterocycles. The fourth-order valence-electron chi connectivity index (χ4n) is 7.26. The molecule has 7 aromatic carbocycles. The summed E-state index contributed by atoms with van der Waals surface area (Å²) in [6.45, 7) is -0.0432. The van der Waals surface area contributed by atoms with E-state index in [1.54, 1.807) is 0 Å². The predicted molar refractivity (Wildman–Crippen MR) is 192 cm³/mol. The third-order valence-electron chi connectivity index (χ3n) is 9.39. The predicted octanol–water partition coefficient (Wildman–Crippen LogP) is 9.45. The first-order valence-electron chi connectivity index (χ1n) is 15.9. The molecule has 10 rings (SSSR count). The number of fused-ring (bicyclic) bond motifs is 8. The molecular formula is C42H26BNO3. The van der Waals surface area contributed by atoms with Gasteiger partial charge in [-0.25, -0.2) is 0 Å². The number of benzene rings is 7. The van der Waals surface area contributed by atoms with Crippen LogP contribution in [0.1, 0.15) is 0 Å². The largest absolute Gasteiger partial charge is 0.458 e. The minimum atomic E-state index is -0.0432. The van der Waals surface area contributed by atoms with Crippen molar-refractivity contribution in [3.8, 4) is 34.1 Å². The Balaban J connectivity index is 1.13. The molecule has 0 saturated heterocycles. The quantitative estimate of drug-likeness (QED) is 0.188. The van der Waals surface area contributed by atoms with Crippen LogP contribution >= 0.6 is 0 Å². The van der Waals surface area contributed by atoms with Crippen LogP contribution in [0.15, 0.2) is 162 Å². The number of anilines is 3. The van der Waals surface area contributed by atoms with Crippen molar-refractivity contribution in [1.29, 1.82) is 0 Å². The van der Waals surface area contributed by atoms with E-state index in [1.807, 2.05) is 36.4 Å². The Labute approximate surface area is 272 Å². The minimum absolute atomic E-state index is 0.0432. The van der Waals surface area contributed by atoms with Gasteiger partial charge in [-0.3, -0.25) is 0 Å². The summed E-state index contributed by atoms with van der Waals surface area (Å²) >= 11 is 0. The molecule has 47 heavy (non-hydrogen) atoms. The molecule has 0 spiro atoms. The second-order valence-electron chi connectivity index (χ2n) is 12.1. The number of furan rings is 1. The van der Waals surface area contributed by atoms with E-state index in [1.165, 1.54) is 0 Å². The van der Waals surface area contributed by atoms with Crippen molar-refractivity contribution in [3.63, 3.8) is 0 Å². The molecule has 0 aliphatic carbocycles. The van der Waals surface area contributed by atoms with Crippen LogP contribution < -0.4 is 30.8 Å². The Morgan fingerprint density at radius 1 is 0.447 bits per heavy atom. The van der Waals surface area contributed by atoms with Gasteiger partial charge in [0.25, 0.3) is 6.71 Å². The van der Waals surface area contributed by atoms with E-state index in [4.69, 9.17) is 13.9 Å². The first kappa shape index (κ1) is 26.1. The fourth-order valence-corrected chi connectivity index (χ4v) is 7.26. The molecule has 0 amide bonds. The summed E-state index contributed by atoms with van der Waals surface area (Å²) in [5.41, 5.74) is 10.3. The first-order valence-corrected chi connectivity index (χ1v) is 15.9. The van der Waals surface area contributed by atoms with Gasteiger partial charge in [-0.1, -0.05) is 97.1 Å². The van der Waals surface area contributed by atoms with E-state index < -0.39 is 0 Å². The van der Waals surface area contributed by atoms with Crippen molar-refractivity contribution in [2.45, 2.75) is 0 Å². The van der Waals surface area contributed by atoms with Crippen LogP contribution in [-0.2, 0) is 0 Å².